The van der Waals surface area contributed by atoms with E-state index in [0.717, 1.165) is 5.01 Å². The molecule has 0 aliphatic carbocycles. The first kappa shape index (κ1) is 27.8. The van der Waals surface area contributed by atoms with Crippen LogP contribution >= 0.6 is 11.6 Å². The van der Waals surface area contributed by atoms with Crippen LogP contribution in [0.5, 0.6) is 0 Å². The van der Waals surface area contributed by atoms with Crippen molar-refractivity contribution in [2.45, 2.75) is 64.1 Å². The zero-order chi connectivity index (χ0) is 27.3. The average molecular weight is 534 g/mol. The van der Waals surface area contributed by atoms with Crippen LogP contribution in [0.4, 0.5) is 5.69 Å². The molecule has 198 valence electrons. The monoisotopic (exact) mass is 533 g/mol. The standard InChI is InChI=1S/C24H28ClN5O7/c1-13(32)10-16(12-31)27-23(36)20-4-3-9-29-21(34)8-7-19(24(37)30(20)29)28-22(35)15-5-6-18(17(25)11-15)26-14(2)33/h5-6,11-12,16,19-20H,3-4,7-10H2,1-2H3,(H,26,33)(H,27,36)(H,28,35)/t16-,19-,20-/m0/s1. The van der Waals surface area contributed by atoms with E-state index in [9.17, 15) is 33.6 Å². The summed E-state index contributed by atoms with van der Waals surface area (Å²) in [5.74, 6) is -2.95. The number of ketones is 1. The molecule has 12 nitrogen and oxygen atoms in total. The Balaban J connectivity index is 1.80. The van der Waals surface area contributed by atoms with Gasteiger partial charge in [0.25, 0.3) is 11.8 Å². The molecule has 0 aromatic heterocycles. The summed E-state index contributed by atoms with van der Waals surface area (Å²) in [4.78, 5) is 86.3. The van der Waals surface area contributed by atoms with Crippen LogP contribution < -0.4 is 16.0 Å². The van der Waals surface area contributed by atoms with Crippen LogP contribution in [0, 0.1) is 0 Å². The molecule has 2 saturated heterocycles. The third-order valence-electron chi connectivity index (χ3n) is 6.01. The van der Waals surface area contributed by atoms with Gasteiger partial charge in [0.2, 0.25) is 17.7 Å². The van der Waals surface area contributed by atoms with Crippen LogP contribution in [0.25, 0.3) is 0 Å². The van der Waals surface area contributed by atoms with Crippen LogP contribution in [0.3, 0.4) is 0 Å². The van der Waals surface area contributed by atoms with Crippen molar-refractivity contribution in [2.75, 3.05) is 11.9 Å². The molecular formula is C24H28ClN5O7. The van der Waals surface area contributed by atoms with Crippen molar-refractivity contribution in [3.8, 4) is 0 Å². The number of nitrogens with zero attached hydrogens (tertiary/aromatic N) is 2. The number of rotatable bonds is 8. The van der Waals surface area contributed by atoms with E-state index in [2.05, 4.69) is 16.0 Å². The maximum absolute atomic E-state index is 13.5. The molecule has 3 rings (SSSR count). The van der Waals surface area contributed by atoms with Crippen LogP contribution in [0.15, 0.2) is 18.2 Å². The SMILES string of the molecule is CC(=O)C[C@@H](C=O)NC(=O)[C@@H]1CCCN2C(=O)CC[C@H](NC(=O)c3ccc(NC(C)=O)c(Cl)c3)C(=O)N12. The number of hydrazine groups is 1. The van der Waals surface area contributed by atoms with Gasteiger partial charge in [-0.05, 0) is 44.4 Å². The first-order chi connectivity index (χ1) is 17.5. The van der Waals surface area contributed by atoms with Crippen molar-refractivity contribution in [3.05, 3.63) is 28.8 Å². The highest BCUT2D eigenvalue weighted by Gasteiger charge is 2.44. The second kappa shape index (κ2) is 12.0. The number of amides is 5. The number of benzene rings is 1. The van der Waals surface area contributed by atoms with Gasteiger partial charge >= 0.3 is 0 Å². The fraction of sp³-hybridized carbons (Fsp3) is 0.458. The summed E-state index contributed by atoms with van der Waals surface area (Å²) in [5.41, 5.74) is 0.448. The fourth-order valence-corrected chi connectivity index (χ4v) is 4.54. The van der Waals surface area contributed by atoms with Gasteiger partial charge in [-0.2, -0.15) is 0 Å². The second-order valence-corrected chi connectivity index (χ2v) is 9.36. The van der Waals surface area contributed by atoms with Crippen LogP contribution in [-0.2, 0) is 28.8 Å². The van der Waals surface area contributed by atoms with E-state index >= 15 is 0 Å². The topological polar surface area (TPSA) is 162 Å². The summed E-state index contributed by atoms with van der Waals surface area (Å²) < 4.78 is 0. The lowest BCUT2D eigenvalue weighted by molar-refractivity contribution is -0.176. The van der Waals surface area contributed by atoms with Crippen LogP contribution in [0.1, 0.15) is 56.3 Å². The van der Waals surface area contributed by atoms with Crippen molar-refractivity contribution in [1.82, 2.24) is 20.7 Å². The summed E-state index contributed by atoms with van der Waals surface area (Å²) >= 11 is 6.15. The predicted octanol–water partition coefficient (Wildman–Crippen LogP) is 0.588. The van der Waals surface area contributed by atoms with Gasteiger partial charge in [0.05, 0.1) is 16.8 Å². The quantitative estimate of drug-likeness (QED) is 0.412. The van der Waals surface area contributed by atoms with E-state index in [0.29, 0.717) is 18.4 Å². The minimum absolute atomic E-state index is 0.0176. The summed E-state index contributed by atoms with van der Waals surface area (Å²) in [6.45, 7) is 2.82. The van der Waals surface area contributed by atoms with Crippen molar-refractivity contribution in [3.63, 3.8) is 0 Å². The number of nitrogens with one attached hydrogen (secondary N) is 3. The van der Waals surface area contributed by atoms with Crippen LogP contribution in [0.2, 0.25) is 5.02 Å². The Morgan fingerprint density at radius 2 is 1.89 bits per heavy atom. The number of aldehydes is 1. The molecule has 2 aliphatic rings. The highest BCUT2D eigenvalue weighted by molar-refractivity contribution is 6.34. The molecule has 2 aliphatic heterocycles. The Morgan fingerprint density at radius 3 is 2.51 bits per heavy atom. The number of fused-ring (bicyclic) bond motifs is 1. The normalized spacial score (nSPS) is 20.3. The van der Waals surface area contributed by atoms with E-state index in [1.807, 2.05) is 0 Å². The Hall–Kier alpha value is -3.80. The number of anilines is 1. The van der Waals surface area contributed by atoms with Gasteiger partial charge in [-0.25, -0.2) is 5.01 Å². The molecule has 13 heteroatoms. The summed E-state index contributed by atoms with van der Waals surface area (Å²) in [6, 6.07) is 0.961. The van der Waals surface area contributed by atoms with Crippen molar-refractivity contribution >= 4 is 58.9 Å². The van der Waals surface area contributed by atoms with Crippen molar-refractivity contribution in [2.24, 2.45) is 0 Å². The van der Waals surface area contributed by atoms with Gasteiger partial charge in [-0.15, -0.1) is 0 Å². The first-order valence-corrected chi connectivity index (χ1v) is 12.2. The summed E-state index contributed by atoms with van der Waals surface area (Å²) in [7, 11) is 0. The van der Waals surface area contributed by atoms with Gasteiger partial charge in [0.15, 0.2) is 0 Å². The number of halogens is 1. The number of Topliss-reactive ketones (excluding diaryl/α,β-unsaturated/α-hetero) is 1. The molecule has 3 atom stereocenters. The Bertz CT molecular complexity index is 1140. The highest BCUT2D eigenvalue weighted by Crippen LogP contribution is 2.26. The van der Waals surface area contributed by atoms with E-state index in [-0.39, 0.29) is 60.4 Å². The van der Waals surface area contributed by atoms with Crippen LogP contribution in [-0.4, -0.2) is 76.3 Å². The van der Waals surface area contributed by atoms with Crippen molar-refractivity contribution < 1.29 is 33.6 Å². The third-order valence-corrected chi connectivity index (χ3v) is 6.32. The van der Waals surface area contributed by atoms with Gasteiger partial charge in [-0.3, -0.25) is 33.8 Å². The lowest BCUT2D eigenvalue weighted by atomic mass is 10.0. The predicted molar refractivity (Wildman–Crippen MR) is 131 cm³/mol. The molecule has 0 radical (unpaired) electrons. The third kappa shape index (κ3) is 6.70. The van der Waals surface area contributed by atoms with Gasteiger partial charge in [0.1, 0.15) is 24.2 Å². The lowest BCUT2D eigenvalue weighted by Crippen LogP contribution is -2.64. The highest BCUT2D eigenvalue weighted by atomic mass is 35.5. The second-order valence-electron chi connectivity index (χ2n) is 8.96. The Morgan fingerprint density at radius 1 is 1.16 bits per heavy atom. The maximum Gasteiger partial charge on any atom is 0.264 e. The molecule has 0 unspecified atom stereocenters. The molecule has 0 saturated carbocycles. The van der Waals surface area contributed by atoms with Gasteiger partial charge < -0.3 is 20.7 Å². The smallest absolute Gasteiger partial charge is 0.264 e. The molecule has 3 N–H and O–H groups in total. The lowest BCUT2D eigenvalue weighted by Gasteiger charge is -2.43. The molecule has 1 aromatic rings. The molecular weight excluding hydrogens is 506 g/mol. The molecule has 2 heterocycles. The van der Waals surface area contributed by atoms with E-state index in [1.165, 1.54) is 37.1 Å². The Kier molecular flexibility index (Phi) is 8.98. The van der Waals surface area contributed by atoms with E-state index in [1.54, 1.807) is 0 Å². The Labute approximate surface area is 218 Å². The average Bonchev–Trinajstić information content (AvgIpc) is 2.96. The molecule has 0 bridgehead atoms. The molecule has 1 aromatic carbocycles. The minimum atomic E-state index is -1.11. The number of carbonyl (C=O) groups is 7. The fourth-order valence-electron chi connectivity index (χ4n) is 4.32. The summed E-state index contributed by atoms with van der Waals surface area (Å²) in [6.07, 6.45) is 0.909. The van der Waals surface area contributed by atoms with Gasteiger partial charge in [0, 0.05) is 31.9 Å². The van der Waals surface area contributed by atoms with E-state index < -0.39 is 35.8 Å². The zero-order valence-corrected chi connectivity index (χ0v) is 21.2. The molecule has 0 spiro atoms. The first-order valence-electron chi connectivity index (χ1n) is 11.8. The number of carbonyl (C=O) groups excluding carboxylic acids is 7. The van der Waals surface area contributed by atoms with Crippen molar-refractivity contribution in [1.29, 1.82) is 0 Å². The summed E-state index contributed by atoms with van der Waals surface area (Å²) in [5, 5.41) is 10.0. The van der Waals surface area contributed by atoms with E-state index in [4.69, 9.17) is 11.6 Å². The number of hydrogen-bond acceptors (Lipinski definition) is 7. The minimum Gasteiger partial charge on any atom is -0.344 e. The van der Waals surface area contributed by atoms with Gasteiger partial charge in [-0.1, -0.05) is 11.6 Å². The maximum atomic E-state index is 13.5. The largest absolute Gasteiger partial charge is 0.344 e. The molecule has 37 heavy (non-hydrogen) atoms. The zero-order valence-electron chi connectivity index (χ0n) is 20.4. The molecule has 5 amide bonds. The number of hydrogen-bond donors (Lipinski definition) is 3. The molecule has 2 fully saturated rings.